The molecule has 0 aliphatic heterocycles. The van der Waals surface area contributed by atoms with E-state index in [4.69, 9.17) is 10.3 Å². The Bertz CT molecular complexity index is 786. The Kier molecular flexibility index (Phi) is 4.99. The summed E-state index contributed by atoms with van der Waals surface area (Å²) in [6, 6.07) is 10.6. The maximum absolute atomic E-state index is 12.0. The van der Waals surface area contributed by atoms with Gasteiger partial charge in [0.2, 0.25) is 5.91 Å². The molecule has 23 heavy (non-hydrogen) atoms. The average molecular weight is 336 g/mol. The van der Waals surface area contributed by atoms with Crippen molar-refractivity contribution in [1.82, 2.24) is 0 Å². The maximum atomic E-state index is 12.0. The van der Waals surface area contributed by atoms with Crippen molar-refractivity contribution < 1.29 is 22.9 Å². The number of rotatable bonds is 5. The van der Waals surface area contributed by atoms with Crippen LogP contribution in [0.15, 0.2) is 53.4 Å². The number of nitrogens with two attached hydrogens (primary N) is 1. The number of nitrogens with one attached hydrogen (secondary N) is 1. The van der Waals surface area contributed by atoms with Crippen LogP contribution in [0.1, 0.15) is 5.56 Å². The molecule has 0 aromatic heterocycles. The lowest BCUT2D eigenvalue weighted by atomic mass is 10.1. The molecule has 0 spiro atoms. The SMILES string of the molecule is N[C@@H](Cc1ccc(O)cc1)C(=O)Nc1ccc(S(=O)(=O)O)cc1. The fraction of sp³-hybridized carbons (Fsp3) is 0.133. The van der Waals surface area contributed by atoms with E-state index in [2.05, 4.69) is 5.32 Å². The van der Waals surface area contributed by atoms with Crippen LogP contribution in [0.4, 0.5) is 5.69 Å². The number of aromatic hydroxyl groups is 1. The molecule has 0 unspecified atom stereocenters. The third-order valence-electron chi connectivity index (χ3n) is 3.15. The molecule has 1 amide bonds. The van der Waals surface area contributed by atoms with Gasteiger partial charge in [0.25, 0.3) is 10.1 Å². The number of phenolic OH excluding ortho intramolecular Hbond substituents is 1. The molecule has 2 aromatic rings. The van der Waals surface area contributed by atoms with E-state index in [1.54, 1.807) is 12.1 Å². The smallest absolute Gasteiger partial charge is 0.294 e. The molecule has 5 N–H and O–H groups in total. The Morgan fingerprint density at radius 3 is 2.17 bits per heavy atom. The van der Waals surface area contributed by atoms with Crippen molar-refractivity contribution in [1.29, 1.82) is 0 Å². The number of hydrogen-bond donors (Lipinski definition) is 4. The number of carbonyl (C=O) groups is 1. The number of phenols is 1. The van der Waals surface area contributed by atoms with Gasteiger partial charge < -0.3 is 16.2 Å². The maximum Gasteiger partial charge on any atom is 0.294 e. The Balaban J connectivity index is 1.99. The zero-order valence-electron chi connectivity index (χ0n) is 12.0. The summed E-state index contributed by atoms with van der Waals surface area (Å²) < 4.78 is 30.7. The third-order valence-corrected chi connectivity index (χ3v) is 4.02. The van der Waals surface area contributed by atoms with E-state index < -0.39 is 22.1 Å². The number of amides is 1. The summed E-state index contributed by atoms with van der Waals surface area (Å²) in [6.45, 7) is 0. The third kappa shape index (κ3) is 4.78. The Labute approximate surface area is 133 Å². The van der Waals surface area contributed by atoms with E-state index in [0.717, 1.165) is 5.56 Å². The van der Waals surface area contributed by atoms with E-state index in [9.17, 15) is 18.3 Å². The molecule has 0 aliphatic rings. The molecular weight excluding hydrogens is 320 g/mol. The van der Waals surface area contributed by atoms with E-state index in [-0.39, 0.29) is 17.1 Å². The first-order chi connectivity index (χ1) is 10.8. The molecule has 0 fully saturated rings. The average Bonchev–Trinajstić information content (AvgIpc) is 2.49. The Morgan fingerprint density at radius 1 is 1.09 bits per heavy atom. The molecule has 2 rings (SSSR count). The van der Waals surface area contributed by atoms with Crippen LogP contribution in [-0.4, -0.2) is 30.0 Å². The molecule has 2 aromatic carbocycles. The van der Waals surface area contributed by atoms with E-state index in [1.165, 1.54) is 36.4 Å². The van der Waals surface area contributed by atoms with Crippen LogP contribution in [0.3, 0.4) is 0 Å². The molecule has 0 aliphatic carbocycles. The van der Waals surface area contributed by atoms with Gasteiger partial charge in [0, 0.05) is 5.69 Å². The Hall–Kier alpha value is -2.42. The zero-order chi connectivity index (χ0) is 17.0. The first-order valence-electron chi connectivity index (χ1n) is 6.67. The molecule has 1 atom stereocenters. The zero-order valence-corrected chi connectivity index (χ0v) is 12.8. The predicted molar refractivity (Wildman–Crippen MR) is 84.7 cm³/mol. The fourth-order valence-electron chi connectivity index (χ4n) is 1.92. The minimum Gasteiger partial charge on any atom is -0.508 e. The summed E-state index contributed by atoms with van der Waals surface area (Å²) >= 11 is 0. The highest BCUT2D eigenvalue weighted by Gasteiger charge is 2.15. The van der Waals surface area contributed by atoms with E-state index >= 15 is 0 Å². The van der Waals surface area contributed by atoms with Crippen LogP contribution in [0.2, 0.25) is 0 Å². The number of anilines is 1. The molecule has 0 heterocycles. The van der Waals surface area contributed by atoms with Crippen LogP contribution in [0, 0.1) is 0 Å². The summed E-state index contributed by atoms with van der Waals surface area (Å²) in [4.78, 5) is 11.8. The summed E-state index contributed by atoms with van der Waals surface area (Å²) in [6.07, 6.45) is 0.287. The molecular formula is C15H16N2O5S. The van der Waals surface area contributed by atoms with Gasteiger partial charge in [-0.1, -0.05) is 12.1 Å². The highest BCUT2D eigenvalue weighted by Crippen LogP contribution is 2.15. The molecule has 0 saturated carbocycles. The van der Waals surface area contributed by atoms with Gasteiger partial charge in [0.05, 0.1) is 10.9 Å². The summed E-state index contributed by atoms with van der Waals surface area (Å²) in [7, 11) is -4.27. The first kappa shape index (κ1) is 16.9. The van der Waals surface area contributed by atoms with Crippen molar-refractivity contribution in [2.45, 2.75) is 17.4 Å². The van der Waals surface area contributed by atoms with Crippen LogP contribution in [0.5, 0.6) is 5.75 Å². The highest BCUT2D eigenvalue weighted by atomic mass is 32.2. The van der Waals surface area contributed by atoms with Crippen LogP contribution >= 0.6 is 0 Å². The van der Waals surface area contributed by atoms with Gasteiger partial charge in [-0.2, -0.15) is 8.42 Å². The predicted octanol–water partition coefficient (Wildman–Crippen LogP) is 1.15. The van der Waals surface area contributed by atoms with Crippen LogP contribution < -0.4 is 11.1 Å². The quantitative estimate of drug-likeness (QED) is 0.606. The highest BCUT2D eigenvalue weighted by molar-refractivity contribution is 7.85. The molecule has 122 valence electrons. The topological polar surface area (TPSA) is 130 Å². The molecule has 0 bridgehead atoms. The van der Waals surface area contributed by atoms with Gasteiger partial charge in [0.1, 0.15) is 5.75 Å². The molecule has 8 heteroatoms. The lowest BCUT2D eigenvalue weighted by Crippen LogP contribution is -2.37. The fourth-order valence-corrected chi connectivity index (χ4v) is 2.40. The standard InChI is InChI=1S/C15H16N2O5S/c16-14(9-10-1-5-12(18)6-2-10)15(19)17-11-3-7-13(8-4-11)23(20,21)22/h1-8,14,18H,9,16H2,(H,17,19)(H,20,21,22)/t14-/m0/s1. The molecule has 7 nitrogen and oxygen atoms in total. The number of hydrogen-bond acceptors (Lipinski definition) is 5. The minimum absolute atomic E-state index is 0.130. The van der Waals surface area contributed by atoms with Crippen molar-refractivity contribution in [3.8, 4) is 5.75 Å². The van der Waals surface area contributed by atoms with Crippen molar-refractivity contribution in [3.63, 3.8) is 0 Å². The summed E-state index contributed by atoms with van der Waals surface area (Å²) in [5.41, 5.74) is 6.99. The second-order valence-electron chi connectivity index (χ2n) is 4.97. The molecule has 0 radical (unpaired) electrons. The minimum atomic E-state index is -4.27. The lowest BCUT2D eigenvalue weighted by molar-refractivity contribution is -0.117. The van der Waals surface area contributed by atoms with Gasteiger partial charge in [-0.15, -0.1) is 0 Å². The second-order valence-corrected chi connectivity index (χ2v) is 6.39. The van der Waals surface area contributed by atoms with Gasteiger partial charge in [-0.3, -0.25) is 9.35 Å². The van der Waals surface area contributed by atoms with Gasteiger partial charge >= 0.3 is 0 Å². The monoisotopic (exact) mass is 336 g/mol. The van der Waals surface area contributed by atoms with Crippen molar-refractivity contribution in [2.75, 3.05) is 5.32 Å². The Morgan fingerprint density at radius 2 is 1.65 bits per heavy atom. The van der Waals surface area contributed by atoms with E-state index in [1.807, 2.05) is 0 Å². The lowest BCUT2D eigenvalue weighted by Gasteiger charge is -2.12. The van der Waals surface area contributed by atoms with Crippen molar-refractivity contribution in [2.24, 2.45) is 5.73 Å². The summed E-state index contributed by atoms with van der Waals surface area (Å²) in [5.74, 6) is -0.302. The largest absolute Gasteiger partial charge is 0.508 e. The number of carbonyl (C=O) groups excluding carboxylic acids is 1. The first-order valence-corrected chi connectivity index (χ1v) is 8.11. The second kappa shape index (κ2) is 6.78. The van der Waals surface area contributed by atoms with Crippen molar-refractivity contribution in [3.05, 3.63) is 54.1 Å². The van der Waals surface area contributed by atoms with Crippen LogP contribution in [0.25, 0.3) is 0 Å². The van der Waals surface area contributed by atoms with Gasteiger partial charge in [-0.05, 0) is 48.4 Å². The summed E-state index contributed by atoms with van der Waals surface area (Å²) in [5, 5.41) is 11.8. The van der Waals surface area contributed by atoms with Gasteiger partial charge in [-0.25, -0.2) is 0 Å². The van der Waals surface area contributed by atoms with Gasteiger partial charge in [0.15, 0.2) is 0 Å². The molecule has 0 saturated heterocycles. The number of benzene rings is 2. The van der Waals surface area contributed by atoms with E-state index in [0.29, 0.717) is 5.69 Å². The van der Waals surface area contributed by atoms with Crippen LogP contribution in [-0.2, 0) is 21.3 Å². The normalized spacial score (nSPS) is 12.6. The van der Waals surface area contributed by atoms with Crippen molar-refractivity contribution >= 4 is 21.7 Å².